The summed E-state index contributed by atoms with van der Waals surface area (Å²) in [5.74, 6) is 0.340. The number of benzene rings is 3. The summed E-state index contributed by atoms with van der Waals surface area (Å²) in [5.41, 5.74) is 1.82. The van der Waals surface area contributed by atoms with Crippen LogP contribution in [0.1, 0.15) is 21.5 Å². The molecule has 0 fully saturated rings. The predicted octanol–water partition coefficient (Wildman–Crippen LogP) is 5.03. The molecule has 4 rings (SSSR count). The lowest BCUT2D eigenvalue weighted by atomic mass is 10.1. The van der Waals surface area contributed by atoms with Crippen molar-refractivity contribution in [2.45, 2.75) is 0 Å². The molecule has 3 aromatic carbocycles. The van der Waals surface area contributed by atoms with Crippen molar-refractivity contribution in [2.75, 3.05) is 14.2 Å². The zero-order chi connectivity index (χ0) is 23.4. The first-order chi connectivity index (χ1) is 16.0. The van der Waals surface area contributed by atoms with Crippen LogP contribution in [0.5, 0.6) is 17.2 Å². The van der Waals surface area contributed by atoms with E-state index in [1.54, 1.807) is 61.7 Å². The van der Waals surface area contributed by atoms with Crippen molar-refractivity contribution in [1.29, 1.82) is 0 Å². The number of methoxy groups -OCH3 is 2. The van der Waals surface area contributed by atoms with Crippen molar-refractivity contribution in [1.82, 2.24) is 0 Å². The highest BCUT2D eigenvalue weighted by Crippen LogP contribution is 2.31. The highest BCUT2D eigenvalue weighted by atomic mass is 79.9. The Bertz CT molecular complexity index is 1280. The van der Waals surface area contributed by atoms with Gasteiger partial charge in [-0.25, -0.2) is 14.6 Å². The number of carbonyl (C=O) groups is 2. The second-order valence-corrected chi connectivity index (χ2v) is 7.79. The number of halogens is 1. The molecule has 3 aromatic rings. The summed E-state index contributed by atoms with van der Waals surface area (Å²) in [6, 6.07) is 18.8. The van der Waals surface area contributed by atoms with Gasteiger partial charge >= 0.3 is 11.9 Å². The third-order valence-corrected chi connectivity index (χ3v) is 5.20. The Morgan fingerprint density at radius 2 is 1.76 bits per heavy atom. The van der Waals surface area contributed by atoms with E-state index in [-0.39, 0.29) is 17.3 Å². The molecular weight excluding hydrogens is 490 g/mol. The average molecular weight is 508 g/mol. The summed E-state index contributed by atoms with van der Waals surface area (Å²) in [6.07, 6.45) is 1.57. The molecule has 0 saturated carbocycles. The van der Waals surface area contributed by atoms with E-state index in [1.807, 2.05) is 18.2 Å². The normalized spacial score (nSPS) is 14.0. The van der Waals surface area contributed by atoms with Gasteiger partial charge in [-0.2, -0.15) is 0 Å². The molecule has 33 heavy (non-hydrogen) atoms. The lowest BCUT2D eigenvalue weighted by Gasteiger charge is -2.10. The summed E-state index contributed by atoms with van der Waals surface area (Å²) in [7, 11) is 3.01. The standard InChI is InChI=1S/C25H18BrNO6/c1-30-19-9-7-16(8-10-19)24(28)32-21-11-6-15(13-22(21)31-2)12-20-25(29)33-23(27-20)17-4-3-5-18(26)14-17/h3-14H,1-2H3. The maximum absolute atomic E-state index is 12.5. The fourth-order valence-electron chi connectivity index (χ4n) is 3.06. The number of cyclic esters (lactones) is 1. The number of hydrogen-bond donors (Lipinski definition) is 0. The van der Waals surface area contributed by atoms with Crippen molar-refractivity contribution in [3.05, 3.63) is 93.6 Å². The summed E-state index contributed by atoms with van der Waals surface area (Å²) < 4.78 is 22.1. The molecule has 7 nitrogen and oxygen atoms in total. The van der Waals surface area contributed by atoms with Crippen LogP contribution in [-0.4, -0.2) is 32.1 Å². The summed E-state index contributed by atoms with van der Waals surface area (Å²) >= 11 is 3.39. The quantitative estimate of drug-likeness (QED) is 0.264. The van der Waals surface area contributed by atoms with Crippen molar-refractivity contribution in [3.63, 3.8) is 0 Å². The minimum absolute atomic E-state index is 0.148. The molecule has 1 heterocycles. The Labute approximate surface area is 198 Å². The molecule has 8 heteroatoms. The molecule has 0 saturated heterocycles. The third kappa shape index (κ3) is 5.12. The number of aliphatic imine (C=N–C) groups is 1. The molecule has 0 aromatic heterocycles. The number of carbonyl (C=O) groups excluding carboxylic acids is 2. The van der Waals surface area contributed by atoms with Crippen LogP contribution < -0.4 is 14.2 Å². The molecule has 0 amide bonds. The van der Waals surface area contributed by atoms with Crippen LogP contribution in [0.4, 0.5) is 0 Å². The van der Waals surface area contributed by atoms with Gasteiger partial charge in [-0.3, -0.25) is 0 Å². The van der Waals surface area contributed by atoms with Crippen LogP contribution in [0.25, 0.3) is 6.08 Å². The van der Waals surface area contributed by atoms with Gasteiger partial charge in [0.2, 0.25) is 5.90 Å². The maximum atomic E-state index is 12.5. The van der Waals surface area contributed by atoms with Gasteiger partial charge in [-0.15, -0.1) is 0 Å². The van der Waals surface area contributed by atoms with Gasteiger partial charge < -0.3 is 18.9 Å². The molecule has 0 N–H and O–H groups in total. The van der Waals surface area contributed by atoms with E-state index in [1.165, 1.54) is 7.11 Å². The van der Waals surface area contributed by atoms with Crippen LogP contribution in [0.3, 0.4) is 0 Å². The fourth-order valence-corrected chi connectivity index (χ4v) is 3.46. The summed E-state index contributed by atoms with van der Waals surface area (Å²) in [4.78, 5) is 29.1. The smallest absolute Gasteiger partial charge is 0.363 e. The van der Waals surface area contributed by atoms with Crippen LogP contribution in [0.2, 0.25) is 0 Å². The summed E-state index contributed by atoms with van der Waals surface area (Å²) in [6.45, 7) is 0. The van der Waals surface area contributed by atoms with Gasteiger partial charge in [0.1, 0.15) is 5.75 Å². The Balaban J connectivity index is 1.55. The monoisotopic (exact) mass is 507 g/mol. The van der Waals surface area contributed by atoms with Gasteiger partial charge in [0.25, 0.3) is 0 Å². The number of rotatable bonds is 6. The van der Waals surface area contributed by atoms with Crippen LogP contribution in [0, 0.1) is 0 Å². The highest BCUT2D eigenvalue weighted by molar-refractivity contribution is 9.10. The minimum Gasteiger partial charge on any atom is -0.497 e. The topological polar surface area (TPSA) is 83.4 Å². The summed E-state index contributed by atoms with van der Waals surface area (Å²) in [5, 5.41) is 0. The molecule has 1 aliphatic rings. The first kappa shape index (κ1) is 22.3. The first-order valence-electron chi connectivity index (χ1n) is 9.79. The van der Waals surface area contributed by atoms with Gasteiger partial charge in [-0.1, -0.05) is 28.1 Å². The molecular formula is C25H18BrNO6. The molecule has 1 aliphatic heterocycles. The van der Waals surface area contributed by atoms with Crippen LogP contribution >= 0.6 is 15.9 Å². The molecule has 0 atom stereocenters. The number of nitrogens with zero attached hydrogens (tertiary/aromatic N) is 1. The van der Waals surface area contributed by atoms with Crippen LogP contribution in [-0.2, 0) is 9.53 Å². The highest BCUT2D eigenvalue weighted by Gasteiger charge is 2.24. The Hall–Kier alpha value is -3.91. The number of hydrogen-bond acceptors (Lipinski definition) is 7. The fraction of sp³-hybridized carbons (Fsp3) is 0.0800. The second-order valence-electron chi connectivity index (χ2n) is 6.87. The van der Waals surface area contributed by atoms with E-state index in [2.05, 4.69) is 20.9 Å². The van der Waals surface area contributed by atoms with Gasteiger partial charge in [-0.05, 0) is 66.2 Å². The van der Waals surface area contributed by atoms with Crippen molar-refractivity contribution >= 4 is 39.8 Å². The lowest BCUT2D eigenvalue weighted by Crippen LogP contribution is -2.09. The Morgan fingerprint density at radius 3 is 2.45 bits per heavy atom. The van der Waals surface area contributed by atoms with E-state index in [9.17, 15) is 9.59 Å². The third-order valence-electron chi connectivity index (χ3n) is 4.71. The molecule has 166 valence electrons. The van der Waals surface area contributed by atoms with E-state index in [0.29, 0.717) is 28.2 Å². The first-order valence-corrected chi connectivity index (χ1v) is 10.6. The molecule has 0 radical (unpaired) electrons. The molecule has 0 spiro atoms. The Morgan fingerprint density at radius 1 is 0.970 bits per heavy atom. The van der Waals surface area contributed by atoms with E-state index < -0.39 is 11.9 Å². The molecule has 0 aliphatic carbocycles. The predicted molar refractivity (Wildman–Crippen MR) is 126 cm³/mol. The zero-order valence-corrected chi connectivity index (χ0v) is 19.3. The van der Waals surface area contributed by atoms with Gasteiger partial charge in [0.15, 0.2) is 17.2 Å². The average Bonchev–Trinajstić information content (AvgIpc) is 3.20. The number of esters is 2. The molecule has 0 bridgehead atoms. The number of ether oxygens (including phenoxy) is 4. The minimum atomic E-state index is -0.557. The van der Waals surface area contributed by atoms with Crippen LogP contribution in [0.15, 0.2) is 81.9 Å². The van der Waals surface area contributed by atoms with Gasteiger partial charge in [0, 0.05) is 10.0 Å². The van der Waals surface area contributed by atoms with Gasteiger partial charge in [0.05, 0.1) is 19.8 Å². The Kier molecular flexibility index (Phi) is 6.55. The lowest BCUT2D eigenvalue weighted by molar-refractivity contribution is -0.129. The van der Waals surface area contributed by atoms with Crippen molar-refractivity contribution in [2.24, 2.45) is 4.99 Å². The van der Waals surface area contributed by atoms with Crippen molar-refractivity contribution < 1.29 is 28.5 Å². The molecule has 0 unspecified atom stereocenters. The maximum Gasteiger partial charge on any atom is 0.363 e. The zero-order valence-electron chi connectivity index (χ0n) is 17.7. The second kappa shape index (κ2) is 9.70. The van der Waals surface area contributed by atoms with Crippen molar-refractivity contribution in [3.8, 4) is 17.2 Å². The van der Waals surface area contributed by atoms with E-state index in [0.717, 1.165) is 4.47 Å². The van der Waals surface area contributed by atoms with E-state index >= 15 is 0 Å². The largest absolute Gasteiger partial charge is 0.497 e. The SMILES string of the molecule is COc1ccc(C(=O)Oc2ccc(C=C3N=C(c4cccc(Br)c4)OC3=O)cc2OC)cc1. The van der Waals surface area contributed by atoms with E-state index in [4.69, 9.17) is 18.9 Å².